The van der Waals surface area contributed by atoms with Crippen LogP contribution >= 0.6 is 12.2 Å². The van der Waals surface area contributed by atoms with Gasteiger partial charge in [0.15, 0.2) is 0 Å². The maximum atomic E-state index is 6.06. The molecule has 0 unspecified atom stereocenters. The fraction of sp³-hybridized carbons (Fsp3) is 0.714. The van der Waals surface area contributed by atoms with E-state index in [9.17, 15) is 0 Å². The number of rotatable bonds is 5. The molecule has 0 aliphatic heterocycles. The lowest BCUT2D eigenvalue weighted by atomic mass is 9.83. The Hall–Kier alpha value is -0.780. The molecule has 1 aliphatic rings. The van der Waals surface area contributed by atoms with Crippen molar-refractivity contribution in [3.05, 3.63) is 22.2 Å². The summed E-state index contributed by atoms with van der Waals surface area (Å²) in [4.78, 5) is 7.86. The van der Waals surface area contributed by atoms with Crippen LogP contribution in [0.25, 0.3) is 0 Å². The van der Waals surface area contributed by atoms with Crippen molar-refractivity contribution < 1.29 is 9.47 Å². The van der Waals surface area contributed by atoms with E-state index in [1.165, 1.54) is 19.3 Å². The van der Waals surface area contributed by atoms with Gasteiger partial charge in [0.05, 0.1) is 6.61 Å². The monoisotopic (exact) mass is 282 g/mol. The molecule has 0 amide bonds. The number of aromatic amines is 1. The molecule has 1 fully saturated rings. The molecule has 0 spiro atoms. The number of ether oxygens (including phenoxy) is 2. The molecule has 0 radical (unpaired) electrons. The van der Waals surface area contributed by atoms with Crippen molar-refractivity contribution in [1.29, 1.82) is 0 Å². The van der Waals surface area contributed by atoms with Crippen molar-refractivity contribution in [3.8, 4) is 0 Å². The largest absolute Gasteiger partial charge is 0.378 e. The van der Waals surface area contributed by atoms with Crippen LogP contribution < -0.4 is 0 Å². The summed E-state index contributed by atoms with van der Waals surface area (Å²) in [5.41, 5.74) is 0.673. The van der Waals surface area contributed by atoms with E-state index in [1.54, 1.807) is 7.11 Å². The molecule has 0 saturated heterocycles. The molecular weight excluding hydrogens is 260 g/mol. The van der Waals surface area contributed by atoms with E-state index < -0.39 is 0 Å². The van der Waals surface area contributed by atoms with Crippen LogP contribution in [0, 0.1) is 4.64 Å². The van der Waals surface area contributed by atoms with E-state index in [-0.39, 0.29) is 5.60 Å². The van der Waals surface area contributed by atoms with Crippen LogP contribution in [0.1, 0.15) is 50.5 Å². The number of methoxy groups -OCH3 is 1. The van der Waals surface area contributed by atoms with E-state index in [1.807, 2.05) is 13.0 Å². The molecule has 0 bridgehead atoms. The fourth-order valence-corrected chi connectivity index (χ4v) is 3.04. The van der Waals surface area contributed by atoms with Gasteiger partial charge < -0.3 is 14.5 Å². The van der Waals surface area contributed by atoms with Gasteiger partial charge in [0.25, 0.3) is 0 Å². The third kappa shape index (κ3) is 3.41. The Kier molecular flexibility index (Phi) is 5.07. The van der Waals surface area contributed by atoms with Gasteiger partial charge in [0.2, 0.25) is 0 Å². The average molecular weight is 282 g/mol. The minimum absolute atomic E-state index is 0.287. The molecule has 5 heteroatoms. The average Bonchev–Trinajstić information content (AvgIpc) is 2.40. The van der Waals surface area contributed by atoms with Gasteiger partial charge in [-0.05, 0) is 25.8 Å². The lowest BCUT2D eigenvalue weighted by Crippen LogP contribution is -2.34. The number of hydrogen-bond donors (Lipinski definition) is 1. The zero-order valence-corrected chi connectivity index (χ0v) is 12.5. The van der Waals surface area contributed by atoms with Gasteiger partial charge in [-0.25, -0.2) is 4.98 Å². The van der Waals surface area contributed by atoms with Crippen molar-refractivity contribution in [3.63, 3.8) is 0 Å². The van der Waals surface area contributed by atoms with Gasteiger partial charge in [-0.2, -0.15) is 0 Å². The number of H-pyrrole nitrogens is 1. The van der Waals surface area contributed by atoms with Crippen LogP contribution in [0.4, 0.5) is 0 Å². The van der Waals surface area contributed by atoms with Crippen molar-refractivity contribution in [2.24, 2.45) is 0 Å². The van der Waals surface area contributed by atoms with E-state index >= 15 is 0 Å². The molecule has 1 heterocycles. The number of hydrogen-bond acceptors (Lipinski definition) is 4. The molecule has 1 saturated carbocycles. The Morgan fingerprint density at radius 2 is 2.11 bits per heavy atom. The minimum atomic E-state index is -0.287. The lowest BCUT2D eigenvalue weighted by Gasteiger charge is -2.36. The third-order valence-electron chi connectivity index (χ3n) is 3.61. The summed E-state index contributed by atoms with van der Waals surface area (Å²) >= 11 is 5.26. The molecule has 1 aliphatic carbocycles. The van der Waals surface area contributed by atoms with Gasteiger partial charge in [0.1, 0.15) is 16.1 Å². The Morgan fingerprint density at radius 3 is 2.74 bits per heavy atom. The van der Waals surface area contributed by atoms with Gasteiger partial charge >= 0.3 is 0 Å². The first kappa shape index (κ1) is 14.6. The molecule has 2 rings (SSSR count). The summed E-state index contributed by atoms with van der Waals surface area (Å²) in [5.74, 6) is 0.869. The van der Waals surface area contributed by atoms with E-state index in [0.717, 1.165) is 24.4 Å². The Balaban J connectivity index is 2.37. The highest BCUT2D eigenvalue weighted by Gasteiger charge is 2.37. The van der Waals surface area contributed by atoms with Crippen LogP contribution in [0.5, 0.6) is 0 Å². The Bertz CT molecular complexity index is 461. The third-order valence-corrected chi connectivity index (χ3v) is 3.82. The predicted molar refractivity (Wildman–Crippen MR) is 76.5 cm³/mol. The van der Waals surface area contributed by atoms with Crippen molar-refractivity contribution in [2.75, 3.05) is 13.7 Å². The fourth-order valence-electron chi connectivity index (χ4n) is 2.81. The molecule has 4 nitrogen and oxygen atoms in total. The second-order valence-electron chi connectivity index (χ2n) is 5.01. The predicted octanol–water partition coefficient (Wildman–Crippen LogP) is 3.48. The molecular formula is C14H22N2O2S. The van der Waals surface area contributed by atoms with Crippen LogP contribution in [0.15, 0.2) is 6.07 Å². The van der Waals surface area contributed by atoms with Crippen molar-refractivity contribution in [2.45, 2.75) is 51.2 Å². The quantitative estimate of drug-likeness (QED) is 0.840. The Labute approximate surface area is 119 Å². The first-order valence-electron chi connectivity index (χ1n) is 6.94. The first-order valence-corrected chi connectivity index (χ1v) is 7.34. The highest BCUT2D eigenvalue weighted by Crippen LogP contribution is 2.38. The number of aromatic nitrogens is 2. The summed E-state index contributed by atoms with van der Waals surface area (Å²) in [6, 6.07) is 1.85. The van der Waals surface area contributed by atoms with Crippen LogP contribution in [-0.2, 0) is 21.7 Å². The van der Waals surface area contributed by atoms with Gasteiger partial charge in [0, 0.05) is 19.4 Å². The van der Waals surface area contributed by atoms with Crippen molar-refractivity contribution >= 4 is 12.2 Å². The summed E-state index contributed by atoms with van der Waals surface area (Å²) in [5, 5.41) is 0. The molecule has 1 N–H and O–H groups in total. The molecule has 0 atom stereocenters. The molecule has 19 heavy (non-hydrogen) atoms. The zero-order chi connectivity index (χ0) is 13.7. The topological polar surface area (TPSA) is 47.1 Å². The second kappa shape index (κ2) is 6.59. The van der Waals surface area contributed by atoms with E-state index in [4.69, 9.17) is 21.7 Å². The smallest absolute Gasteiger partial charge is 0.140 e. The molecule has 106 valence electrons. The molecule has 1 aromatic rings. The lowest BCUT2D eigenvalue weighted by molar-refractivity contribution is -0.0770. The van der Waals surface area contributed by atoms with E-state index in [0.29, 0.717) is 17.9 Å². The maximum absolute atomic E-state index is 6.06. The summed E-state index contributed by atoms with van der Waals surface area (Å²) in [7, 11) is 1.68. The van der Waals surface area contributed by atoms with Crippen LogP contribution in [-0.4, -0.2) is 23.7 Å². The van der Waals surface area contributed by atoms with Gasteiger partial charge in [-0.1, -0.05) is 31.5 Å². The number of nitrogens with one attached hydrogen (secondary N) is 1. The maximum Gasteiger partial charge on any atom is 0.140 e. The van der Waals surface area contributed by atoms with Gasteiger partial charge in [-0.15, -0.1) is 0 Å². The zero-order valence-electron chi connectivity index (χ0n) is 11.7. The van der Waals surface area contributed by atoms with Gasteiger partial charge in [-0.3, -0.25) is 0 Å². The van der Waals surface area contributed by atoms with Crippen LogP contribution in [0.2, 0.25) is 0 Å². The standard InChI is InChI=1S/C14H22N2O2S/c1-3-18-14(7-5-4-6-8-14)13-15-11(10-17-2)9-12(19)16-13/h9H,3-8,10H2,1-2H3,(H,15,16,19). The highest BCUT2D eigenvalue weighted by atomic mass is 32.1. The minimum Gasteiger partial charge on any atom is -0.378 e. The summed E-state index contributed by atoms with van der Waals surface area (Å²) in [6.45, 7) is 3.24. The first-order chi connectivity index (χ1) is 9.20. The Morgan fingerprint density at radius 1 is 1.37 bits per heavy atom. The van der Waals surface area contributed by atoms with Crippen molar-refractivity contribution in [1.82, 2.24) is 9.97 Å². The van der Waals surface area contributed by atoms with E-state index in [2.05, 4.69) is 9.97 Å². The second-order valence-corrected chi connectivity index (χ2v) is 5.43. The normalized spacial score (nSPS) is 18.4. The SMILES string of the molecule is CCOC1(c2nc(=S)cc(COC)[nH]2)CCCCC1. The highest BCUT2D eigenvalue weighted by molar-refractivity contribution is 7.71. The summed E-state index contributed by atoms with van der Waals surface area (Å²) in [6.07, 6.45) is 5.64. The van der Waals surface area contributed by atoms with Crippen LogP contribution in [0.3, 0.4) is 0 Å². The molecule has 0 aromatic carbocycles. The molecule has 1 aromatic heterocycles. The number of nitrogens with zero attached hydrogens (tertiary/aromatic N) is 1. The summed E-state index contributed by atoms with van der Waals surface area (Å²) < 4.78 is 11.8.